The van der Waals surface area contributed by atoms with Gasteiger partial charge in [-0.3, -0.25) is 19.5 Å². The summed E-state index contributed by atoms with van der Waals surface area (Å²) in [5.74, 6) is 0.537. The maximum atomic E-state index is 13.7. The van der Waals surface area contributed by atoms with Gasteiger partial charge in [-0.25, -0.2) is 9.78 Å². The Morgan fingerprint density at radius 2 is 1.98 bits per heavy atom. The molecule has 2 aromatic heterocycles. The van der Waals surface area contributed by atoms with Crippen LogP contribution < -0.4 is 20.3 Å². The Hall–Kier alpha value is -5.32. The van der Waals surface area contributed by atoms with Crippen molar-refractivity contribution in [3.05, 3.63) is 71.2 Å². The largest absolute Gasteiger partial charge is 0.457 e. The minimum Gasteiger partial charge on any atom is -0.457 e. The lowest BCUT2D eigenvalue weighted by molar-refractivity contribution is -0.125. The van der Waals surface area contributed by atoms with Crippen LogP contribution in [0, 0.1) is 18.3 Å². The number of hydrogen-bond donors (Lipinski definition) is 2. The van der Waals surface area contributed by atoms with E-state index >= 15 is 0 Å². The summed E-state index contributed by atoms with van der Waals surface area (Å²) < 4.78 is 11.2. The van der Waals surface area contributed by atoms with E-state index in [1.54, 1.807) is 22.1 Å². The van der Waals surface area contributed by atoms with Crippen molar-refractivity contribution in [2.75, 3.05) is 36.5 Å². The van der Waals surface area contributed by atoms with Gasteiger partial charge in [0.2, 0.25) is 5.71 Å². The number of thiophene rings is 1. The Bertz CT molecular complexity index is 1980. The summed E-state index contributed by atoms with van der Waals surface area (Å²) in [6, 6.07) is 17.9. The molecule has 0 aliphatic carbocycles. The van der Waals surface area contributed by atoms with E-state index in [1.165, 1.54) is 11.3 Å². The number of carbonyl (C=O) groups excluding carboxylic acids is 3. The zero-order valence-corrected chi connectivity index (χ0v) is 26.6. The quantitative estimate of drug-likeness (QED) is 0.249. The van der Waals surface area contributed by atoms with Gasteiger partial charge in [0.05, 0.1) is 35.7 Å². The number of anilines is 3. The third kappa shape index (κ3) is 5.77. The predicted molar refractivity (Wildman–Crippen MR) is 178 cm³/mol. The molecule has 0 bridgehead atoms. The number of aryl methyl sites for hydroxylation is 1. The Balaban J connectivity index is 1.11. The summed E-state index contributed by atoms with van der Waals surface area (Å²) >= 11 is 1.20. The SMILES string of the molecule is Cc1cc(Oc2ccccc2)ccc1N1C(=O)Nc2c(C(=O)N[C@@H]3CCCN(C(=O)/C(C#N)=N/C4(C)COC4)C3)sc3nccc1c23. The molecule has 1 atom stereocenters. The number of urea groups is 1. The van der Waals surface area contributed by atoms with Crippen LogP contribution in [0.5, 0.6) is 11.5 Å². The summed E-state index contributed by atoms with van der Waals surface area (Å²) in [5.41, 5.74) is 1.80. The summed E-state index contributed by atoms with van der Waals surface area (Å²) in [6.45, 7) is 5.18. The number of ether oxygens (including phenoxy) is 2. The molecule has 0 spiro atoms. The van der Waals surface area contributed by atoms with Crippen molar-refractivity contribution < 1.29 is 23.9 Å². The number of para-hydroxylation sites is 1. The predicted octanol–water partition coefficient (Wildman–Crippen LogP) is 5.55. The fourth-order valence-corrected chi connectivity index (χ4v) is 7.11. The lowest BCUT2D eigenvalue weighted by atomic mass is 10.0. The van der Waals surface area contributed by atoms with E-state index in [9.17, 15) is 19.6 Å². The second-order valence-electron chi connectivity index (χ2n) is 12.1. The van der Waals surface area contributed by atoms with Crippen molar-refractivity contribution in [2.24, 2.45) is 4.99 Å². The summed E-state index contributed by atoms with van der Waals surface area (Å²) in [7, 11) is 0. The summed E-state index contributed by atoms with van der Waals surface area (Å²) in [6.07, 6.45) is 2.94. The third-order valence-corrected chi connectivity index (χ3v) is 9.50. The van der Waals surface area contributed by atoms with Gasteiger partial charge < -0.3 is 25.0 Å². The van der Waals surface area contributed by atoms with Crippen LogP contribution in [-0.2, 0) is 9.53 Å². The lowest BCUT2D eigenvalue weighted by Gasteiger charge is -2.35. The van der Waals surface area contributed by atoms with E-state index < -0.39 is 17.5 Å². The highest BCUT2D eigenvalue weighted by atomic mass is 32.1. The molecule has 4 amide bonds. The number of nitrogens with one attached hydrogen (secondary N) is 2. The van der Waals surface area contributed by atoms with E-state index in [1.807, 2.05) is 68.4 Å². The molecular weight excluding hydrogens is 618 g/mol. The highest BCUT2D eigenvalue weighted by Gasteiger charge is 2.37. The Labute approximate surface area is 274 Å². The van der Waals surface area contributed by atoms with Gasteiger partial charge in [0, 0.05) is 25.3 Å². The fourth-order valence-electron chi connectivity index (χ4n) is 6.08. The molecule has 5 heterocycles. The first-order chi connectivity index (χ1) is 22.7. The monoisotopic (exact) mass is 649 g/mol. The average molecular weight is 650 g/mol. The minimum atomic E-state index is -0.571. The topological polar surface area (TPSA) is 149 Å². The van der Waals surface area contributed by atoms with Gasteiger partial charge in [-0.1, -0.05) is 18.2 Å². The summed E-state index contributed by atoms with van der Waals surface area (Å²) in [4.78, 5) is 53.5. The molecule has 2 N–H and O–H groups in total. The van der Waals surface area contributed by atoms with Gasteiger partial charge in [0.1, 0.15) is 32.8 Å². The molecule has 0 unspecified atom stereocenters. The number of likely N-dealkylation sites (tertiary alicyclic amines) is 1. The zero-order chi connectivity index (χ0) is 32.7. The van der Waals surface area contributed by atoms with E-state index in [0.29, 0.717) is 76.3 Å². The third-order valence-electron chi connectivity index (χ3n) is 8.40. The molecule has 4 aromatic rings. The standard InChI is InChI=1S/C34H31N7O5S/c1-20-15-23(46-22-8-4-3-5-9-22)10-11-25(20)41-26-12-13-36-31-27(26)28(38-33(41)44)29(47-31)30(42)37-21-7-6-14-40(17-21)32(43)24(16-35)39-34(2)18-45-19-34/h3-5,8-13,15,21H,6-7,14,17-19H2,1-2H3,(H,37,42)(H,38,44)/b39-24+/t21-/m1/s1. The van der Waals surface area contributed by atoms with Gasteiger partial charge in [-0.2, -0.15) is 5.26 Å². The molecule has 2 fully saturated rings. The second-order valence-corrected chi connectivity index (χ2v) is 13.1. The zero-order valence-electron chi connectivity index (χ0n) is 25.8. The van der Waals surface area contributed by atoms with Crippen LogP contribution in [-0.4, -0.2) is 71.3 Å². The van der Waals surface area contributed by atoms with E-state index in [4.69, 9.17) is 9.47 Å². The van der Waals surface area contributed by atoms with Crippen molar-refractivity contribution in [3.8, 4) is 17.6 Å². The highest BCUT2D eigenvalue weighted by molar-refractivity contribution is 7.21. The first-order valence-electron chi connectivity index (χ1n) is 15.3. The number of carbonyl (C=O) groups is 3. The number of benzene rings is 2. The summed E-state index contributed by atoms with van der Waals surface area (Å²) in [5, 5.41) is 16.3. The van der Waals surface area contributed by atoms with Gasteiger partial charge in [0.25, 0.3) is 11.8 Å². The number of aromatic nitrogens is 1. The molecule has 3 aliphatic heterocycles. The number of aliphatic imine (C=N–C) groups is 1. The first kappa shape index (κ1) is 30.3. The van der Waals surface area contributed by atoms with Crippen molar-refractivity contribution in [2.45, 2.75) is 38.3 Å². The van der Waals surface area contributed by atoms with Crippen molar-refractivity contribution in [1.82, 2.24) is 15.2 Å². The number of rotatable bonds is 7. The maximum Gasteiger partial charge on any atom is 0.331 e. The normalized spacial score (nSPS) is 18.6. The number of nitrogens with zero attached hydrogens (tertiary/aromatic N) is 5. The molecular formula is C34H31N7O5S. The highest BCUT2D eigenvalue weighted by Crippen LogP contribution is 2.46. The van der Waals surface area contributed by atoms with Crippen LogP contribution in [0.4, 0.5) is 21.9 Å². The number of pyridine rings is 1. The van der Waals surface area contributed by atoms with Crippen LogP contribution in [0.25, 0.3) is 10.2 Å². The Kier molecular flexibility index (Phi) is 7.83. The van der Waals surface area contributed by atoms with E-state index in [2.05, 4.69) is 20.6 Å². The average Bonchev–Trinajstić information content (AvgIpc) is 3.43. The molecule has 2 aromatic carbocycles. The molecule has 47 heavy (non-hydrogen) atoms. The number of hydrogen-bond acceptors (Lipinski definition) is 9. The van der Waals surface area contributed by atoms with Crippen molar-refractivity contribution >= 4 is 62.2 Å². The molecule has 0 saturated carbocycles. The number of amides is 4. The van der Waals surface area contributed by atoms with Gasteiger partial charge in [-0.05, 0) is 68.7 Å². The van der Waals surface area contributed by atoms with E-state index in [-0.39, 0.29) is 24.2 Å². The molecule has 12 nitrogen and oxygen atoms in total. The van der Waals surface area contributed by atoms with Crippen LogP contribution >= 0.6 is 11.3 Å². The molecule has 2 saturated heterocycles. The maximum absolute atomic E-state index is 13.7. The van der Waals surface area contributed by atoms with Crippen LogP contribution in [0.2, 0.25) is 0 Å². The van der Waals surface area contributed by atoms with Crippen LogP contribution in [0.3, 0.4) is 0 Å². The number of nitriles is 1. The molecule has 13 heteroatoms. The van der Waals surface area contributed by atoms with Crippen molar-refractivity contribution in [3.63, 3.8) is 0 Å². The second kappa shape index (κ2) is 12.1. The van der Waals surface area contributed by atoms with Gasteiger partial charge in [0.15, 0.2) is 0 Å². The smallest absolute Gasteiger partial charge is 0.331 e. The molecule has 0 radical (unpaired) electrons. The van der Waals surface area contributed by atoms with E-state index in [0.717, 1.165) is 5.56 Å². The molecule has 238 valence electrons. The van der Waals surface area contributed by atoms with Crippen LogP contribution in [0.1, 0.15) is 35.0 Å². The fraction of sp³-hybridized carbons (Fsp3) is 0.294. The minimum absolute atomic E-state index is 0.156. The van der Waals surface area contributed by atoms with Crippen molar-refractivity contribution in [1.29, 1.82) is 5.26 Å². The van der Waals surface area contributed by atoms with Gasteiger partial charge >= 0.3 is 6.03 Å². The number of piperidine rings is 1. The van der Waals surface area contributed by atoms with Gasteiger partial charge in [-0.15, -0.1) is 11.3 Å². The molecule has 7 rings (SSSR count). The Morgan fingerprint density at radius 3 is 2.70 bits per heavy atom. The molecule has 3 aliphatic rings. The first-order valence-corrected chi connectivity index (χ1v) is 16.1. The van der Waals surface area contributed by atoms with Crippen LogP contribution in [0.15, 0.2) is 65.8 Å². The lowest BCUT2D eigenvalue weighted by Crippen LogP contribution is -2.52. The Morgan fingerprint density at radius 1 is 1.17 bits per heavy atom.